The van der Waals surface area contributed by atoms with Crippen molar-refractivity contribution in [1.29, 1.82) is 0 Å². The largest absolute Gasteiger partial charge is 0.454 e. The van der Waals surface area contributed by atoms with Gasteiger partial charge in [0.15, 0.2) is 11.5 Å². The summed E-state index contributed by atoms with van der Waals surface area (Å²) in [7, 11) is 0. The minimum absolute atomic E-state index is 0.344. The van der Waals surface area contributed by atoms with Gasteiger partial charge in [0.05, 0.1) is 0 Å². The fraction of sp³-hybridized carbons (Fsp3) is 0.429. The van der Waals surface area contributed by atoms with Crippen LogP contribution in [0.3, 0.4) is 0 Å². The Kier molecular flexibility index (Phi) is 3.78. The molecule has 2 aromatic rings. The molecule has 3 aliphatic rings. The van der Waals surface area contributed by atoms with Gasteiger partial charge in [-0.25, -0.2) is 0 Å². The van der Waals surface area contributed by atoms with Crippen LogP contribution >= 0.6 is 0 Å². The van der Waals surface area contributed by atoms with Gasteiger partial charge in [-0.3, -0.25) is 4.90 Å². The molecular formula is C21H24N2O2. The van der Waals surface area contributed by atoms with Gasteiger partial charge in [-0.2, -0.15) is 0 Å². The number of benzene rings is 2. The highest BCUT2D eigenvalue weighted by Crippen LogP contribution is 2.35. The molecule has 5 rings (SSSR count). The van der Waals surface area contributed by atoms with E-state index in [0.717, 1.165) is 43.6 Å². The molecule has 0 radical (unpaired) electrons. The number of nitrogens with zero attached hydrogens (tertiary/aromatic N) is 2. The SMILES string of the molecule is c1ccc2c(c1)CC(CN1CCN(c3ccc4c(c3)OCO4)CC1)C2. The maximum Gasteiger partial charge on any atom is 0.231 e. The van der Waals surface area contributed by atoms with Crippen LogP contribution in [0.15, 0.2) is 42.5 Å². The van der Waals surface area contributed by atoms with E-state index >= 15 is 0 Å². The van der Waals surface area contributed by atoms with Crippen molar-refractivity contribution in [2.45, 2.75) is 12.8 Å². The fourth-order valence-corrected chi connectivity index (χ4v) is 4.41. The van der Waals surface area contributed by atoms with E-state index in [1.165, 1.54) is 25.1 Å². The van der Waals surface area contributed by atoms with Gasteiger partial charge in [-0.15, -0.1) is 0 Å². The molecule has 0 amide bonds. The third kappa shape index (κ3) is 2.95. The van der Waals surface area contributed by atoms with Gasteiger partial charge in [-0.05, 0) is 42.0 Å². The minimum atomic E-state index is 0.344. The standard InChI is InChI=1S/C21H24N2O2/c1-2-4-18-12-16(11-17(18)3-1)14-22-7-9-23(10-8-22)19-5-6-20-21(13-19)25-15-24-20/h1-6,13,16H,7-12,14-15H2. The van der Waals surface area contributed by atoms with Crippen LogP contribution < -0.4 is 14.4 Å². The molecule has 4 nitrogen and oxygen atoms in total. The topological polar surface area (TPSA) is 24.9 Å². The summed E-state index contributed by atoms with van der Waals surface area (Å²) in [5.41, 5.74) is 4.37. The summed E-state index contributed by atoms with van der Waals surface area (Å²) >= 11 is 0. The van der Waals surface area contributed by atoms with Crippen molar-refractivity contribution in [2.24, 2.45) is 5.92 Å². The van der Waals surface area contributed by atoms with E-state index in [-0.39, 0.29) is 0 Å². The molecule has 0 atom stereocenters. The average molecular weight is 336 g/mol. The van der Waals surface area contributed by atoms with E-state index in [2.05, 4.69) is 46.2 Å². The van der Waals surface area contributed by atoms with E-state index in [1.54, 1.807) is 11.1 Å². The van der Waals surface area contributed by atoms with Gasteiger partial charge in [0.2, 0.25) is 6.79 Å². The molecule has 0 N–H and O–H groups in total. The summed E-state index contributed by atoms with van der Waals surface area (Å²) in [5.74, 6) is 2.53. The molecule has 0 bridgehead atoms. The molecular weight excluding hydrogens is 312 g/mol. The number of fused-ring (bicyclic) bond motifs is 2. The van der Waals surface area contributed by atoms with Crippen LogP contribution in [-0.4, -0.2) is 44.4 Å². The Morgan fingerprint density at radius 1 is 0.840 bits per heavy atom. The zero-order valence-electron chi connectivity index (χ0n) is 14.5. The van der Waals surface area contributed by atoms with Crippen molar-refractivity contribution >= 4 is 5.69 Å². The van der Waals surface area contributed by atoms with Gasteiger partial charge in [0.25, 0.3) is 0 Å². The predicted molar refractivity (Wildman–Crippen MR) is 98.6 cm³/mol. The van der Waals surface area contributed by atoms with Crippen molar-refractivity contribution in [3.05, 3.63) is 53.6 Å². The highest BCUT2D eigenvalue weighted by atomic mass is 16.7. The first-order valence-electron chi connectivity index (χ1n) is 9.29. The summed E-state index contributed by atoms with van der Waals surface area (Å²) in [6.07, 6.45) is 2.50. The highest BCUT2D eigenvalue weighted by molar-refractivity contribution is 5.57. The average Bonchev–Trinajstić information content (AvgIpc) is 3.27. The van der Waals surface area contributed by atoms with E-state index < -0.39 is 0 Å². The van der Waals surface area contributed by atoms with Crippen molar-refractivity contribution < 1.29 is 9.47 Å². The lowest BCUT2D eigenvalue weighted by atomic mass is 10.1. The number of piperazine rings is 1. The molecule has 1 aliphatic carbocycles. The summed E-state index contributed by atoms with van der Waals surface area (Å²) < 4.78 is 10.9. The van der Waals surface area contributed by atoms with Crippen LogP contribution in [0.5, 0.6) is 11.5 Å². The molecule has 0 unspecified atom stereocenters. The maximum absolute atomic E-state index is 5.51. The summed E-state index contributed by atoms with van der Waals surface area (Å²) in [4.78, 5) is 5.10. The van der Waals surface area contributed by atoms with Crippen molar-refractivity contribution in [3.8, 4) is 11.5 Å². The Morgan fingerprint density at radius 2 is 1.56 bits per heavy atom. The highest BCUT2D eigenvalue weighted by Gasteiger charge is 2.25. The van der Waals surface area contributed by atoms with Crippen LogP contribution in [0.25, 0.3) is 0 Å². The predicted octanol–water partition coefficient (Wildman–Crippen LogP) is 2.95. The normalized spacial score (nSPS) is 20.1. The van der Waals surface area contributed by atoms with Crippen molar-refractivity contribution in [1.82, 2.24) is 4.90 Å². The molecule has 1 saturated heterocycles. The van der Waals surface area contributed by atoms with Crippen LogP contribution in [0, 0.1) is 5.92 Å². The number of hydrogen-bond acceptors (Lipinski definition) is 4. The number of ether oxygens (including phenoxy) is 2. The Bertz CT molecular complexity index is 743. The molecule has 2 aliphatic heterocycles. The zero-order chi connectivity index (χ0) is 16.6. The number of hydrogen-bond donors (Lipinski definition) is 0. The van der Waals surface area contributed by atoms with E-state index in [9.17, 15) is 0 Å². The van der Waals surface area contributed by atoms with Crippen molar-refractivity contribution in [3.63, 3.8) is 0 Å². The molecule has 2 aromatic carbocycles. The van der Waals surface area contributed by atoms with Crippen LogP contribution in [0.2, 0.25) is 0 Å². The fourth-order valence-electron chi connectivity index (χ4n) is 4.41. The van der Waals surface area contributed by atoms with Crippen LogP contribution in [0.4, 0.5) is 5.69 Å². The summed E-state index contributed by atoms with van der Waals surface area (Å²) in [6.45, 7) is 6.02. The molecule has 0 aromatic heterocycles. The third-order valence-electron chi connectivity index (χ3n) is 5.75. The van der Waals surface area contributed by atoms with Crippen LogP contribution in [-0.2, 0) is 12.8 Å². The van der Waals surface area contributed by atoms with E-state index in [1.807, 2.05) is 6.07 Å². The molecule has 25 heavy (non-hydrogen) atoms. The monoisotopic (exact) mass is 336 g/mol. The number of anilines is 1. The smallest absolute Gasteiger partial charge is 0.231 e. The second-order valence-electron chi connectivity index (χ2n) is 7.37. The van der Waals surface area contributed by atoms with Gasteiger partial charge < -0.3 is 14.4 Å². The third-order valence-corrected chi connectivity index (χ3v) is 5.75. The lowest BCUT2D eigenvalue weighted by molar-refractivity contribution is 0.174. The first kappa shape index (κ1) is 15.1. The second kappa shape index (κ2) is 6.26. The lowest BCUT2D eigenvalue weighted by Crippen LogP contribution is -2.47. The van der Waals surface area contributed by atoms with E-state index in [0.29, 0.717) is 6.79 Å². The van der Waals surface area contributed by atoms with E-state index in [4.69, 9.17) is 9.47 Å². The first-order valence-corrected chi connectivity index (χ1v) is 9.29. The Labute approximate surface area is 149 Å². The number of rotatable bonds is 3. The minimum Gasteiger partial charge on any atom is -0.454 e. The molecule has 4 heteroatoms. The second-order valence-corrected chi connectivity index (χ2v) is 7.37. The van der Waals surface area contributed by atoms with Gasteiger partial charge >= 0.3 is 0 Å². The van der Waals surface area contributed by atoms with Gasteiger partial charge in [0, 0.05) is 44.5 Å². The van der Waals surface area contributed by atoms with Gasteiger partial charge in [0.1, 0.15) is 0 Å². The quantitative estimate of drug-likeness (QED) is 0.860. The summed E-state index contributed by atoms with van der Waals surface area (Å²) in [5, 5.41) is 0. The first-order chi connectivity index (χ1) is 12.3. The molecule has 0 spiro atoms. The maximum atomic E-state index is 5.51. The summed E-state index contributed by atoms with van der Waals surface area (Å²) in [6, 6.07) is 15.2. The Balaban J connectivity index is 1.17. The lowest BCUT2D eigenvalue weighted by Gasteiger charge is -2.37. The molecule has 1 fully saturated rings. The van der Waals surface area contributed by atoms with Crippen LogP contribution in [0.1, 0.15) is 11.1 Å². The van der Waals surface area contributed by atoms with Crippen molar-refractivity contribution in [2.75, 3.05) is 44.4 Å². The molecule has 130 valence electrons. The Morgan fingerprint density at radius 3 is 2.32 bits per heavy atom. The zero-order valence-corrected chi connectivity index (χ0v) is 14.5. The Hall–Kier alpha value is -2.20. The molecule has 2 heterocycles. The molecule has 0 saturated carbocycles. The van der Waals surface area contributed by atoms with Gasteiger partial charge in [-0.1, -0.05) is 24.3 Å².